The van der Waals surface area contributed by atoms with Crippen molar-refractivity contribution in [2.45, 2.75) is 61.2 Å². The van der Waals surface area contributed by atoms with Gasteiger partial charge in [-0.3, -0.25) is 0 Å². The highest BCUT2D eigenvalue weighted by Gasteiger charge is 2.38. The van der Waals surface area contributed by atoms with Crippen LogP contribution < -0.4 is 4.74 Å². The Balaban J connectivity index is 1.86. The molecule has 0 radical (unpaired) electrons. The molecule has 0 saturated heterocycles. The second kappa shape index (κ2) is 8.16. The molecular weight excluding hydrogens is 418 g/mol. The van der Waals surface area contributed by atoms with E-state index in [0.29, 0.717) is 5.56 Å². The Morgan fingerprint density at radius 2 is 1.84 bits per heavy atom. The van der Waals surface area contributed by atoms with Crippen molar-refractivity contribution in [3.63, 3.8) is 0 Å². The van der Waals surface area contributed by atoms with Crippen molar-refractivity contribution in [3.8, 4) is 5.75 Å². The molecule has 1 aliphatic heterocycles. The maximum atomic E-state index is 13.0. The largest absolute Gasteiger partial charge is 0.488 e. The van der Waals surface area contributed by atoms with E-state index in [2.05, 4.69) is 0 Å². The predicted molar refractivity (Wildman–Crippen MR) is 116 cm³/mol. The third-order valence-electron chi connectivity index (χ3n) is 5.00. The molecule has 2 unspecified atom stereocenters. The van der Waals surface area contributed by atoms with Crippen molar-refractivity contribution in [1.29, 1.82) is 0 Å². The molecule has 3 rings (SSSR count). The molecule has 2 aromatic rings. The molecule has 0 saturated carbocycles. The van der Waals surface area contributed by atoms with Crippen molar-refractivity contribution in [1.82, 2.24) is 4.90 Å². The number of sulfone groups is 1. The molecule has 7 nitrogen and oxygen atoms in total. The second-order valence-electron chi connectivity index (χ2n) is 9.05. The monoisotopic (exact) mass is 447 g/mol. The number of nitrogens with zero attached hydrogens (tertiary/aromatic N) is 1. The molecule has 0 bridgehead atoms. The molecule has 31 heavy (non-hydrogen) atoms. The molecule has 1 amide bonds. The second-order valence-corrected chi connectivity index (χ2v) is 11.0. The van der Waals surface area contributed by atoms with E-state index in [1.54, 1.807) is 59.0 Å². The van der Waals surface area contributed by atoms with E-state index < -0.39 is 33.2 Å². The van der Waals surface area contributed by atoms with Gasteiger partial charge in [0.2, 0.25) is 9.84 Å². The number of likely N-dealkylation sites (N-methyl/N-ethyl adjacent to an activating group) is 1. The zero-order valence-electron chi connectivity index (χ0n) is 18.5. The fourth-order valence-corrected chi connectivity index (χ4v) is 4.84. The van der Waals surface area contributed by atoms with Gasteiger partial charge in [0, 0.05) is 19.0 Å². The first-order valence-corrected chi connectivity index (χ1v) is 11.6. The number of amides is 1. The van der Waals surface area contributed by atoms with E-state index in [9.17, 15) is 18.3 Å². The summed E-state index contributed by atoms with van der Waals surface area (Å²) in [6, 6.07) is 12.6. The average molecular weight is 448 g/mol. The minimum atomic E-state index is -3.73. The molecule has 0 aromatic heterocycles. The van der Waals surface area contributed by atoms with E-state index >= 15 is 0 Å². The quantitative estimate of drug-likeness (QED) is 0.767. The maximum absolute atomic E-state index is 13.0. The molecule has 0 fully saturated rings. The smallest absolute Gasteiger partial charge is 0.410 e. The first kappa shape index (κ1) is 23.1. The van der Waals surface area contributed by atoms with E-state index in [0.717, 1.165) is 0 Å². The number of rotatable bonds is 4. The summed E-state index contributed by atoms with van der Waals surface area (Å²) in [4.78, 5) is 13.9. The summed E-state index contributed by atoms with van der Waals surface area (Å²) >= 11 is 0. The molecule has 2 atom stereocenters. The van der Waals surface area contributed by atoms with E-state index in [1.165, 1.54) is 29.2 Å². The first-order chi connectivity index (χ1) is 14.3. The van der Waals surface area contributed by atoms with E-state index in [1.807, 2.05) is 0 Å². The van der Waals surface area contributed by atoms with Crippen LogP contribution in [0, 0.1) is 0 Å². The number of aliphatic hydroxyl groups is 1. The van der Waals surface area contributed by atoms with Crippen LogP contribution in [0.4, 0.5) is 4.79 Å². The number of hydrogen-bond donors (Lipinski definition) is 1. The lowest BCUT2D eigenvalue weighted by Crippen LogP contribution is -2.45. The molecule has 1 aliphatic rings. The SMILES string of the molecule is CN(CC1CC(C)(O)c2ccc(S(=O)(=O)c3ccccc3)cc2O1)C(=O)OC(C)(C)C. The van der Waals surface area contributed by atoms with Crippen molar-refractivity contribution in [2.75, 3.05) is 13.6 Å². The van der Waals surface area contributed by atoms with Crippen molar-refractivity contribution >= 4 is 15.9 Å². The summed E-state index contributed by atoms with van der Waals surface area (Å²) in [7, 11) is -2.14. The van der Waals surface area contributed by atoms with Crippen molar-refractivity contribution < 1.29 is 27.8 Å². The number of ether oxygens (including phenoxy) is 2. The minimum Gasteiger partial charge on any atom is -0.488 e. The van der Waals surface area contributed by atoms with E-state index in [4.69, 9.17) is 9.47 Å². The lowest BCUT2D eigenvalue weighted by Gasteiger charge is -2.38. The molecule has 1 N–H and O–H groups in total. The molecular formula is C23H29NO6S. The van der Waals surface area contributed by atoms with Crippen LogP contribution in [0.15, 0.2) is 58.3 Å². The Labute approximate surface area is 183 Å². The first-order valence-electron chi connectivity index (χ1n) is 10.1. The van der Waals surface area contributed by atoms with Crippen molar-refractivity contribution in [2.24, 2.45) is 0 Å². The summed E-state index contributed by atoms with van der Waals surface area (Å²) in [5.41, 5.74) is -1.35. The van der Waals surface area contributed by atoms with Gasteiger partial charge in [-0.05, 0) is 52.0 Å². The number of carbonyl (C=O) groups excluding carboxylic acids is 1. The fourth-order valence-electron chi connectivity index (χ4n) is 3.54. The summed E-state index contributed by atoms with van der Waals surface area (Å²) in [6.45, 7) is 7.18. The number of fused-ring (bicyclic) bond motifs is 1. The van der Waals surface area contributed by atoms with Crippen LogP contribution in [0.2, 0.25) is 0 Å². The van der Waals surface area contributed by atoms with Gasteiger partial charge in [0.05, 0.1) is 21.9 Å². The summed E-state index contributed by atoms with van der Waals surface area (Å²) < 4.78 is 37.3. The van der Waals surface area contributed by atoms with Crippen LogP contribution in [0.25, 0.3) is 0 Å². The summed E-state index contributed by atoms with van der Waals surface area (Å²) in [5, 5.41) is 11.0. The van der Waals surface area contributed by atoms with Gasteiger partial charge in [-0.2, -0.15) is 0 Å². The Hall–Kier alpha value is -2.58. The summed E-state index contributed by atoms with van der Waals surface area (Å²) in [5.74, 6) is 0.288. The predicted octanol–water partition coefficient (Wildman–Crippen LogP) is 3.74. The molecule has 0 aliphatic carbocycles. The van der Waals surface area contributed by atoms with Gasteiger partial charge in [-0.1, -0.05) is 24.3 Å². The normalized spacial score (nSPS) is 21.0. The topological polar surface area (TPSA) is 93.1 Å². The van der Waals surface area contributed by atoms with Gasteiger partial charge in [-0.25, -0.2) is 13.2 Å². The molecule has 1 heterocycles. The van der Waals surface area contributed by atoms with Crippen LogP contribution in [0.3, 0.4) is 0 Å². The lowest BCUT2D eigenvalue weighted by molar-refractivity contribution is -0.0281. The third kappa shape index (κ3) is 5.19. The standard InChI is InChI=1S/C23H29NO6S/c1-22(2,3)30-21(25)24(5)15-16-14-23(4,26)19-12-11-18(13-20(19)29-16)31(27,28)17-9-7-6-8-10-17/h6-13,16,26H,14-15H2,1-5H3. The lowest BCUT2D eigenvalue weighted by atomic mass is 9.87. The molecule has 8 heteroatoms. The Morgan fingerprint density at radius 1 is 1.19 bits per heavy atom. The molecule has 168 valence electrons. The van der Waals surface area contributed by atoms with Gasteiger partial charge in [-0.15, -0.1) is 0 Å². The zero-order chi connectivity index (χ0) is 23.0. The average Bonchev–Trinajstić information content (AvgIpc) is 2.66. The van der Waals surface area contributed by atoms with Crippen LogP contribution >= 0.6 is 0 Å². The van der Waals surface area contributed by atoms with E-state index in [-0.39, 0.29) is 28.5 Å². The van der Waals surface area contributed by atoms with Crippen LogP contribution in [0.5, 0.6) is 5.75 Å². The number of carbonyl (C=O) groups is 1. The highest BCUT2D eigenvalue weighted by molar-refractivity contribution is 7.91. The Kier molecular flexibility index (Phi) is 6.08. The van der Waals surface area contributed by atoms with Crippen LogP contribution in [-0.4, -0.2) is 49.8 Å². The number of benzene rings is 2. The van der Waals surface area contributed by atoms with Gasteiger partial charge >= 0.3 is 6.09 Å². The Bertz CT molecular complexity index is 1060. The van der Waals surface area contributed by atoms with Gasteiger partial charge in [0.1, 0.15) is 17.5 Å². The molecule has 0 spiro atoms. The highest BCUT2D eigenvalue weighted by Crippen LogP contribution is 2.41. The van der Waals surface area contributed by atoms with Gasteiger partial charge in [0.15, 0.2) is 0 Å². The fraction of sp³-hybridized carbons (Fsp3) is 0.435. The summed E-state index contributed by atoms with van der Waals surface area (Å²) in [6.07, 6.45) is -0.783. The zero-order valence-corrected chi connectivity index (χ0v) is 19.3. The maximum Gasteiger partial charge on any atom is 0.410 e. The van der Waals surface area contributed by atoms with Crippen LogP contribution in [-0.2, 0) is 20.2 Å². The third-order valence-corrected chi connectivity index (χ3v) is 6.77. The van der Waals surface area contributed by atoms with Crippen molar-refractivity contribution in [3.05, 3.63) is 54.1 Å². The minimum absolute atomic E-state index is 0.0781. The van der Waals surface area contributed by atoms with Crippen LogP contribution in [0.1, 0.15) is 39.7 Å². The number of hydrogen-bond acceptors (Lipinski definition) is 6. The van der Waals surface area contributed by atoms with Gasteiger partial charge in [0.25, 0.3) is 0 Å². The Morgan fingerprint density at radius 3 is 2.45 bits per heavy atom. The van der Waals surface area contributed by atoms with Gasteiger partial charge < -0.3 is 19.5 Å². The molecule has 2 aromatic carbocycles. The highest BCUT2D eigenvalue weighted by atomic mass is 32.2.